The van der Waals surface area contributed by atoms with Gasteiger partial charge in [-0.05, 0) is 56.5 Å². The predicted octanol–water partition coefficient (Wildman–Crippen LogP) is 4.15. The van der Waals surface area contributed by atoms with Crippen LogP contribution in [0.25, 0.3) is 22.2 Å². The third kappa shape index (κ3) is 4.46. The molecular formula is C24H28N4O. The monoisotopic (exact) mass is 388 g/mol. The number of para-hydroxylation sites is 1. The van der Waals surface area contributed by atoms with E-state index in [4.69, 9.17) is 4.98 Å². The molecule has 0 radical (unpaired) electrons. The highest BCUT2D eigenvalue weighted by Gasteiger charge is 2.22. The molecule has 150 valence electrons. The predicted molar refractivity (Wildman–Crippen MR) is 117 cm³/mol. The topological polar surface area (TPSA) is 58.1 Å². The van der Waals surface area contributed by atoms with Crippen LogP contribution in [-0.4, -0.2) is 46.5 Å². The van der Waals surface area contributed by atoms with Crippen molar-refractivity contribution < 1.29 is 4.79 Å². The van der Waals surface area contributed by atoms with Gasteiger partial charge in [-0.1, -0.05) is 25.1 Å². The molecule has 29 heavy (non-hydrogen) atoms. The highest BCUT2D eigenvalue weighted by molar-refractivity contribution is 6.07. The Morgan fingerprint density at radius 2 is 2.14 bits per heavy atom. The van der Waals surface area contributed by atoms with Crippen LogP contribution in [0.1, 0.15) is 37.0 Å². The highest BCUT2D eigenvalue weighted by atomic mass is 16.1. The Hall–Kier alpha value is -2.79. The molecule has 0 saturated carbocycles. The lowest BCUT2D eigenvalue weighted by Crippen LogP contribution is -2.46. The average molecular weight is 389 g/mol. The Kier molecular flexibility index (Phi) is 5.86. The van der Waals surface area contributed by atoms with E-state index in [0.717, 1.165) is 41.2 Å². The second-order valence-electron chi connectivity index (χ2n) is 8.12. The maximum atomic E-state index is 13.1. The number of carbonyl (C=O) groups excluding carboxylic acids is 1. The average Bonchev–Trinajstić information content (AvgIpc) is 2.77. The van der Waals surface area contributed by atoms with E-state index in [1.54, 1.807) is 12.4 Å². The quantitative estimate of drug-likeness (QED) is 0.713. The molecule has 3 aromatic rings. The van der Waals surface area contributed by atoms with E-state index in [0.29, 0.717) is 18.2 Å². The van der Waals surface area contributed by atoms with Gasteiger partial charge in [0.1, 0.15) is 0 Å². The van der Waals surface area contributed by atoms with E-state index >= 15 is 0 Å². The number of pyridine rings is 2. The maximum absolute atomic E-state index is 13.1. The van der Waals surface area contributed by atoms with Crippen molar-refractivity contribution >= 4 is 16.8 Å². The molecule has 0 spiro atoms. The van der Waals surface area contributed by atoms with E-state index in [2.05, 4.69) is 29.0 Å². The number of benzene rings is 1. The Labute approximate surface area is 172 Å². The van der Waals surface area contributed by atoms with Gasteiger partial charge in [0, 0.05) is 42.5 Å². The number of piperidine rings is 1. The maximum Gasteiger partial charge on any atom is 0.252 e. The number of aromatic nitrogens is 2. The normalized spacial score (nSPS) is 18.5. The summed E-state index contributed by atoms with van der Waals surface area (Å²) < 4.78 is 0. The molecule has 0 bridgehead atoms. The van der Waals surface area contributed by atoms with Crippen molar-refractivity contribution in [2.75, 3.05) is 19.6 Å². The fourth-order valence-corrected chi connectivity index (χ4v) is 4.12. The number of likely N-dealkylation sites (tertiary alicyclic amines) is 1. The number of fused-ring (bicyclic) bond motifs is 1. The minimum Gasteiger partial charge on any atom is -0.350 e. The van der Waals surface area contributed by atoms with Gasteiger partial charge in [0.05, 0.1) is 16.8 Å². The van der Waals surface area contributed by atoms with Crippen LogP contribution in [-0.2, 0) is 0 Å². The summed E-state index contributed by atoms with van der Waals surface area (Å²) in [5.74, 6) is 0.679. The number of nitrogens with one attached hydrogen (secondary N) is 1. The minimum absolute atomic E-state index is 0.0503. The van der Waals surface area contributed by atoms with Gasteiger partial charge in [-0.2, -0.15) is 0 Å². The number of hydrogen-bond donors (Lipinski definition) is 1. The van der Waals surface area contributed by atoms with Gasteiger partial charge >= 0.3 is 0 Å². The summed E-state index contributed by atoms with van der Waals surface area (Å²) >= 11 is 0. The zero-order valence-corrected chi connectivity index (χ0v) is 17.1. The van der Waals surface area contributed by atoms with E-state index in [1.165, 1.54) is 12.8 Å². The van der Waals surface area contributed by atoms with Crippen molar-refractivity contribution in [2.45, 2.75) is 32.7 Å². The first-order valence-electron chi connectivity index (χ1n) is 10.4. The van der Waals surface area contributed by atoms with Crippen LogP contribution < -0.4 is 5.32 Å². The fraction of sp³-hybridized carbons (Fsp3) is 0.375. The second-order valence-corrected chi connectivity index (χ2v) is 8.12. The van der Waals surface area contributed by atoms with Gasteiger partial charge in [0.2, 0.25) is 0 Å². The number of amides is 1. The first kappa shape index (κ1) is 19.5. The molecule has 2 atom stereocenters. The summed E-state index contributed by atoms with van der Waals surface area (Å²) in [5, 5.41) is 4.03. The molecule has 2 unspecified atom stereocenters. The zero-order chi connectivity index (χ0) is 20.2. The minimum atomic E-state index is -0.0503. The second kappa shape index (κ2) is 8.70. The Morgan fingerprint density at radius 3 is 2.93 bits per heavy atom. The lowest BCUT2D eigenvalue weighted by Gasteiger charge is -2.35. The molecule has 1 aromatic carbocycles. The number of carbonyl (C=O) groups is 1. The Morgan fingerprint density at radius 1 is 1.28 bits per heavy atom. The largest absolute Gasteiger partial charge is 0.350 e. The van der Waals surface area contributed by atoms with Gasteiger partial charge in [0.15, 0.2) is 0 Å². The summed E-state index contributed by atoms with van der Waals surface area (Å²) in [6.45, 7) is 7.38. The number of nitrogens with zero attached hydrogens (tertiary/aromatic N) is 3. The molecule has 1 aliphatic rings. The third-order valence-corrected chi connectivity index (χ3v) is 5.79. The molecule has 4 rings (SSSR count). The standard InChI is InChI=1S/C24H28N4O/c1-17-7-6-12-28(16-17)18(2)14-26-24(29)21-13-23(19-8-5-11-25-15-19)27-22-10-4-3-9-20(21)22/h3-5,8-11,13,15,17-18H,6-7,12,14,16H2,1-2H3,(H,26,29). The molecule has 1 fully saturated rings. The summed E-state index contributed by atoms with van der Waals surface area (Å²) in [6.07, 6.45) is 6.05. The SMILES string of the molecule is CC1CCCN(C(C)CNC(=O)c2cc(-c3cccnc3)nc3ccccc23)C1. The third-order valence-electron chi connectivity index (χ3n) is 5.79. The lowest BCUT2D eigenvalue weighted by molar-refractivity contribution is 0.0919. The lowest BCUT2D eigenvalue weighted by atomic mass is 9.99. The number of hydrogen-bond acceptors (Lipinski definition) is 4. The summed E-state index contributed by atoms with van der Waals surface area (Å²) in [7, 11) is 0. The summed E-state index contributed by atoms with van der Waals surface area (Å²) in [5.41, 5.74) is 3.15. The van der Waals surface area contributed by atoms with Gasteiger partial charge in [0.25, 0.3) is 5.91 Å². The van der Waals surface area contributed by atoms with Crippen molar-refractivity contribution in [1.29, 1.82) is 0 Å². The smallest absolute Gasteiger partial charge is 0.252 e. The van der Waals surface area contributed by atoms with Crippen molar-refractivity contribution in [2.24, 2.45) is 5.92 Å². The van der Waals surface area contributed by atoms with E-state index in [1.807, 2.05) is 42.5 Å². The van der Waals surface area contributed by atoms with Crippen LogP contribution in [0.15, 0.2) is 54.9 Å². The molecular weight excluding hydrogens is 360 g/mol. The Balaban J connectivity index is 1.56. The molecule has 5 nitrogen and oxygen atoms in total. The highest BCUT2D eigenvalue weighted by Crippen LogP contribution is 2.24. The van der Waals surface area contributed by atoms with Crippen molar-refractivity contribution in [3.63, 3.8) is 0 Å². The molecule has 5 heteroatoms. The molecule has 2 aromatic heterocycles. The van der Waals surface area contributed by atoms with Crippen molar-refractivity contribution in [1.82, 2.24) is 20.2 Å². The van der Waals surface area contributed by atoms with Crippen LogP contribution in [0, 0.1) is 5.92 Å². The molecule has 1 N–H and O–H groups in total. The van der Waals surface area contributed by atoms with Gasteiger partial charge < -0.3 is 5.32 Å². The Bertz CT molecular complexity index is 989. The number of rotatable bonds is 5. The van der Waals surface area contributed by atoms with Crippen LogP contribution in [0.4, 0.5) is 0 Å². The molecule has 1 saturated heterocycles. The van der Waals surface area contributed by atoms with Gasteiger partial charge in [-0.25, -0.2) is 4.98 Å². The van der Waals surface area contributed by atoms with Crippen LogP contribution in [0.2, 0.25) is 0 Å². The fourth-order valence-electron chi connectivity index (χ4n) is 4.12. The van der Waals surface area contributed by atoms with Crippen LogP contribution in [0.3, 0.4) is 0 Å². The first-order valence-corrected chi connectivity index (χ1v) is 10.4. The van der Waals surface area contributed by atoms with Gasteiger partial charge in [-0.3, -0.25) is 14.7 Å². The molecule has 1 aliphatic heterocycles. The van der Waals surface area contributed by atoms with E-state index in [9.17, 15) is 4.79 Å². The van der Waals surface area contributed by atoms with Crippen LogP contribution >= 0.6 is 0 Å². The molecule has 3 heterocycles. The summed E-state index contributed by atoms with van der Waals surface area (Å²) in [6, 6.07) is 13.9. The summed E-state index contributed by atoms with van der Waals surface area (Å²) in [4.78, 5) is 24.5. The van der Waals surface area contributed by atoms with E-state index < -0.39 is 0 Å². The van der Waals surface area contributed by atoms with Crippen molar-refractivity contribution in [3.8, 4) is 11.3 Å². The van der Waals surface area contributed by atoms with E-state index in [-0.39, 0.29) is 5.91 Å². The van der Waals surface area contributed by atoms with Gasteiger partial charge in [-0.15, -0.1) is 0 Å². The van der Waals surface area contributed by atoms with Crippen LogP contribution in [0.5, 0.6) is 0 Å². The molecule has 0 aliphatic carbocycles. The van der Waals surface area contributed by atoms with Crippen molar-refractivity contribution in [3.05, 3.63) is 60.4 Å². The first-order chi connectivity index (χ1) is 14.1. The zero-order valence-electron chi connectivity index (χ0n) is 17.1. The molecule has 1 amide bonds.